The first-order valence-electron chi connectivity index (χ1n) is 26.2. The van der Waals surface area contributed by atoms with Gasteiger partial charge in [0.2, 0.25) is 11.8 Å². The van der Waals surface area contributed by atoms with Crippen LogP contribution in [-0.4, -0.2) is 64.4 Å². The SMILES string of the molecule is CCCCCCCCCCCCCCCCCCC1(CCCCCCCCCCCCCCCCCC)OCC(CCN(C)CCCCCC(=O)On2c(O)ccc2O)O1. The number of rotatable bonds is 44. The zero-order valence-corrected chi connectivity index (χ0v) is 39.9. The third-order valence-corrected chi connectivity index (χ3v) is 13.0. The molecular formula is C52H98N2O6. The van der Waals surface area contributed by atoms with Gasteiger partial charge in [0.05, 0.1) is 12.7 Å². The lowest BCUT2D eigenvalue weighted by atomic mass is 9.98. The summed E-state index contributed by atoms with van der Waals surface area (Å²) in [5, 5.41) is 19.3. The van der Waals surface area contributed by atoms with Crippen LogP contribution in [0.3, 0.4) is 0 Å². The summed E-state index contributed by atoms with van der Waals surface area (Å²) in [5.74, 6) is -1.45. The van der Waals surface area contributed by atoms with Crippen LogP contribution in [0.5, 0.6) is 11.8 Å². The Labute approximate surface area is 370 Å². The number of hydrogen-bond donors (Lipinski definition) is 2. The Morgan fingerprint density at radius 1 is 0.583 bits per heavy atom. The summed E-state index contributed by atoms with van der Waals surface area (Å²) in [6, 6.07) is 2.57. The Morgan fingerprint density at radius 2 is 0.950 bits per heavy atom. The molecule has 0 saturated carbocycles. The monoisotopic (exact) mass is 847 g/mol. The molecule has 0 spiro atoms. The molecule has 2 heterocycles. The Hall–Kier alpha value is -1.77. The molecule has 1 aromatic heterocycles. The van der Waals surface area contributed by atoms with Crippen molar-refractivity contribution in [2.75, 3.05) is 26.7 Å². The number of hydrogen-bond acceptors (Lipinski definition) is 7. The fourth-order valence-electron chi connectivity index (χ4n) is 8.98. The van der Waals surface area contributed by atoms with Crippen molar-refractivity contribution in [3.63, 3.8) is 0 Å². The van der Waals surface area contributed by atoms with E-state index in [0.29, 0.717) is 13.0 Å². The predicted molar refractivity (Wildman–Crippen MR) is 252 cm³/mol. The first kappa shape index (κ1) is 54.4. The minimum atomic E-state index is -0.466. The summed E-state index contributed by atoms with van der Waals surface area (Å²) in [7, 11) is 2.17. The van der Waals surface area contributed by atoms with E-state index < -0.39 is 11.8 Å². The van der Waals surface area contributed by atoms with Gasteiger partial charge in [-0.1, -0.05) is 213 Å². The number of ether oxygens (including phenoxy) is 2. The van der Waals surface area contributed by atoms with Gasteiger partial charge in [0, 0.05) is 37.9 Å². The highest BCUT2D eigenvalue weighted by Gasteiger charge is 2.40. The second-order valence-corrected chi connectivity index (χ2v) is 18.8. The molecule has 2 N–H and O–H groups in total. The molecule has 352 valence electrons. The summed E-state index contributed by atoms with van der Waals surface area (Å²) < 4.78 is 14.2. The third-order valence-electron chi connectivity index (χ3n) is 13.0. The Morgan fingerprint density at radius 3 is 1.35 bits per heavy atom. The molecule has 8 heteroatoms. The summed E-state index contributed by atoms with van der Waals surface area (Å²) in [6.07, 6.45) is 50.5. The molecule has 0 aliphatic carbocycles. The smallest absolute Gasteiger partial charge is 0.333 e. The Balaban J connectivity index is 1.60. The van der Waals surface area contributed by atoms with Crippen LogP contribution in [0.4, 0.5) is 0 Å². The molecule has 1 unspecified atom stereocenters. The Kier molecular flexibility index (Phi) is 34.2. The first-order chi connectivity index (χ1) is 29.4. The quantitative estimate of drug-likeness (QED) is 0.0632. The molecule has 1 atom stereocenters. The van der Waals surface area contributed by atoms with E-state index in [1.165, 1.54) is 218 Å². The summed E-state index contributed by atoms with van der Waals surface area (Å²) in [6.45, 7) is 7.24. The first-order valence-corrected chi connectivity index (χ1v) is 26.2. The van der Waals surface area contributed by atoms with Gasteiger partial charge in [-0.05, 0) is 45.7 Å². The molecule has 1 saturated heterocycles. The average Bonchev–Trinajstić information content (AvgIpc) is 3.80. The van der Waals surface area contributed by atoms with Gasteiger partial charge in [-0.3, -0.25) is 0 Å². The van der Waals surface area contributed by atoms with E-state index in [9.17, 15) is 15.0 Å². The number of aromatic nitrogens is 1. The van der Waals surface area contributed by atoms with Gasteiger partial charge < -0.3 is 29.4 Å². The van der Waals surface area contributed by atoms with Gasteiger partial charge in [0.25, 0.3) is 0 Å². The molecule has 0 aromatic carbocycles. The van der Waals surface area contributed by atoms with E-state index in [4.69, 9.17) is 14.3 Å². The van der Waals surface area contributed by atoms with Crippen molar-refractivity contribution in [1.82, 2.24) is 9.63 Å². The van der Waals surface area contributed by atoms with Crippen molar-refractivity contribution < 1.29 is 29.3 Å². The maximum atomic E-state index is 12.1. The van der Waals surface area contributed by atoms with Gasteiger partial charge in [-0.25, -0.2) is 4.79 Å². The van der Waals surface area contributed by atoms with Crippen molar-refractivity contribution in [2.24, 2.45) is 0 Å². The van der Waals surface area contributed by atoms with Gasteiger partial charge in [-0.15, -0.1) is 4.73 Å². The van der Waals surface area contributed by atoms with Crippen molar-refractivity contribution in [1.29, 1.82) is 0 Å². The average molecular weight is 847 g/mol. The van der Waals surface area contributed by atoms with E-state index in [-0.39, 0.29) is 24.3 Å². The predicted octanol–water partition coefficient (Wildman–Crippen LogP) is 15.2. The maximum Gasteiger partial charge on any atom is 0.333 e. The lowest BCUT2D eigenvalue weighted by Crippen LogP contribution is -2.32. The second-order valence-electron chi connectivity index (χ2n) is 18.8. The molecule has 8 nitrogen and oxygen atoms in total. The fraction of sp³-hybridized carbons (Fsp3) is 0.904. The summed E-state index contributed by atoms with van der Waals surface area (Å²) >= 11 is 0. The molecule has 1 aromatic rings. The highest BCUT2D eigenvalue weighted by Crippen LogP contribution is 2.36. The van der Waals surface area contributed by atoms with E-state index >= 15 is 0 Å². The molecule has 1 aliphatic rings. The van der Waals surface area contributed by atoms with Gasteiger partial charge >= 0.3 is 5.97 Å². The van der Waals surface area contributed by atoms with E-state index in [0.717, 1.165) is 49.9 Å². The van der Waals surface area contributed by atoms with Crippen molar-refractivity contribution in [3.8, 4) is 11.8 Å². The van der Waals surface area contributed by atoms with Crippen LogP contribution in [-0.2, 0) is 14.3 Å². The minimum Gasteiger partial charge on any atom is -0.492 e. The van der Waals surface area contributed by atoms with Gasteiger partial charge in [0.15, 0.2) is 5.79 Å². The Bertz CT molecular complexity index is 1050. The molecule has 2 rings (SSSR count). The number of aromatic hydroxyl groups is 2. The standard InChI is InChI=1S/C52H98N2O6/c1-4-6-8-10-12-14-16-18-20-22-24-26-28-30-32-36-43-52(44-37-33-31-29-27-25-23-21-19-17-15-13-11-9-7-5-2)58-47-48(59-52)42-46-53(3)45-38-34-35-39-51(57)60-54-49(55)40-41-50(54)56/h40-41,48,55-56H,4-39,42-47H2,1-3H3. The zero-order chi connectivity index (χ0) is 43.2. The van der Waals surface area contributed by atoms with Crippen LogP contribution in [0.1, 0.15) is 264 Å². The normalized spacial score (nSPS) is 15.1. The zero-order valence-electron chi connectivity index (χ0n) is 39.9. The molecule has 0 radical (unpaired) electrons. The topological polar surface area (TPSA) is 93.4 Å². The van der Waals surface area contributed by atoms with Crippen LogP contribution >= 0.6 is 0 Å². The van der Waals surface area contributed by atoms with Crippen molar-refractivity contribution in [2.45, 2.75) is 276 Å². The highest BCUT2D eigenvalue weighted by molar-refractivity contribution is 5.69. The number of unbranched alkanes of at least 4 members (excludes halogenated alkanes) is 32. The van der Waals surface area contributed by atoms with E-state index in [1.54, 1.807) is 0 Å². The van der Waals surface area contributed by atoms with Crippen LogP contribution in [0.2, 0.25) is 0 Å². The highest BCUT2D eigenvalue weighted by atomic mass is 16.7. The molecule has 1 fully saturated rings. The lowest BCUT2D eigenvalue weighted by Gasteiger charge is -2.29. The van der Waals surface area contributed by atoms with Crippen LogP contribution in [0.25, 0.3) is 0 Å². The van der Waals surface area contributed by atoms with Crippen molar-refractivity contribution in [3.05, 3.63) is 12.1 Å². The van der Waals surface area contributed by atoms with Gasteiger partial charge in [0.1, 0.15) is 0 Å². The molecule has 0 amide bonds. The van der Waals surface area contributed by atoms with E-state index in [2.05, 4.69) is 25.8 Å². The largest absolute Gasteiger partial charge is 0.492 e. The second kappa shape index (κ2) is 37.8. The fourth-order valence-corrected chi connectivity index (χ4v) is 8.98. The molecule has 60 heavy (non-hydrogen) atoms. The minimum absolute atomic E-state index is 0.158. The maximum absolute atomic E-state index is 12.1. The van der Waals surface area contributed by atoms with Gasteiger partial charge in [-0.2, -0.15) is 0 Å². The van der Waals surface area contributed by atoms with Crippen molar-refractivity contribution >= 4 is 5.97 Å². The van der Waals surface area contributed by atoms with Crippen LogP contribution in [0, 0.1) is 0 Å². The van der Waals surface area contributed by atoms with Crippen LogP contribution < -0.4 is 4.84 Å². The number of nitrogens with zero attached hydrogens (tertiary/aromatic N) is 2. The summed E-state index contributed by atoms with van der Waals surface area (Å²) in [5.41, 5.74) is 0. The molecule has 0 bridgehead atoms. The number of carbonyl (C=O) groups excluding carboxylic acids is 1. The van der Waals surface area contributed by atoms with Crippen LogP contribution in [0.15, 0.2) is 12.1 Å². The lowest BCUT2D eigenvalue weighted by molar-refractivity contribution is -0.180. The number of carbonyl (C=O) groups is 1. The van der Waals surface area contributed by atoms with E-state index in [1.807, 2.05) is 0 Å². The molecule has 1 aliphatic heterocycles. The third kappa shape index (κ3) is 28.8. The summed E-state index contributed by atoms with van der Waals surface area (Å²) in [4.78, 5) is 19.5. The molecular weight excluding hydrogens is 749 g/mol.